The van der Waals surface area contributed by atoms with E-state index in [2.05, 4.69) is 17.1 Å². The normalized spacial score (nSPS) is 18.8. The first-order valence-corrected chi connectivity index (χ1v) is 7.25. The Bertz CT molecular complexity index is 473. The van der Waals surface area contributed by atoms with Crippen LogP contribution in [0.25, 0.3) is 0 Å². The molecule has 21 heavy (non-hydrogen) atoms. The number of rotatable bonds is 4. The maximum absolute atomic E-state index is 13.6. The van der Waals surface area contributed by atoms with Gasteiger partial charge in [-0.2, -0.15) is 0 Å². The van der Waals surface area contributed by atoms with E-state index in [-0.39, 0.29) is 18.0 Å². The van der Waals surface area contributed by atoms with Gasteiger partial charge in [-0.15, -0.1) is 0 Å². The van der Waals surface area contributed by atoms with Gasteiger partial charge in [0.15, 0.2) is 23.3 Å². The summed E-state index contributed by atoms with van der Waals surface area (Å²) in [6.07, 6.45) is 1.78. The Labute approximate surface area is 122 Å². The van der Waals surface area contributed by atoms with Gasteiger partial charge in [0.1, 0.15) is 5.69 Å². The van der Waals surface area contributed by atoms with E-state index in [1.165, 1.54) is 0 Å². The lowest BCUT2D eigenvalue weighted by Gasteiger charge is -2.35. The Morgan fingerprint density at radius 2 is 1.67 bits per heavy atom. The zero-order chi connectivity index (χ0) is 15.6. The van der Waals surface area contributed by atoms with Gasteiger partial charge in [0.05, 0.1) is 0 Å². The number of anilines is 1. The highest BCUT2D eigenvalue weighted by Crippen LogP contribution is 2.28. The quantitative estimate of drug-likeness (QED) is 0.673. The number of nitrogens with zero attached hydrogens (tertiary/aromatic N) is 1. The van der Waals surface area contributed by atoms with Crippen LogP contribution in [0.1, 0.15) is 26.7 Å². The van der Waals surface area contributed by atoms with E-state index in [0.717, 1.165) is 32.5 Å². The standard InChI is InChI=1S/C15H20F4N2/c1-3-21-6-4-10(5-7-21)9(2)20-15-13(18)11(16)8-12(17)14(15)19/h8-10,20H,3-7H2,1-2H3. The van der Waals surface area contributed by atoms with Crippen LogP contribution in [0.3, 0.4) is 0 Å². The Kier molecular flexibility index (Phi) is 5.08. The Morgan fingerprint density at radius 1 is 1.14 bits per heavy atom. The average molecular weight is 304 g/mol. The number of hydrogen-bond donors (Lipinski definition) is 1. The van der Waals surface area contributed by atoms with E-state index in [0.29, 0.717) is 0 Å². The van der Waals surface area contributed by atoms with Gasteiger partial charge in [-0.3, -0.25) is 0 Å². The summed E-state index contributed by atoms with van der Waals surface area (Å²) >= 11 is 0. The lowest BCUT2D eigenvalue weighted by atomic mass is 9.90. The summed E-state index contributed by atoms with van der Waals surface area (Å²) in [5, 5.41) is 2.61. The summed E-state index contributed by atoms with van der Waals surface area (Å²) in [6, 6.07) is -0.0329. The molecule has 0 aliphatic carbocycles. The van der Waals surface area contributed by atoms with E-state index in [1.54, 1.807) is 6.92 Å². The first kappa shape index (κ1) is 16.1. The third-order valence-corrected chi connectivity index (χ3v) is 4.27. The fraction of sp³-hybridized carbons (Fsp3) is 0.600. The molecule has 0 saturated carbocycles. The van der Waals surface area contributed by atoms with Crippen molar-refractivity contribution in [2.45, 2.75) is 32.7 Å². The van der Waals surface area contributed by atoms with Crippen molar-refractivity contribution in [3.05, 3.63) is 29.3 Å². The van der Waals surface area contributed by atoms with Crippen LogP contribution in [-0.4, -0.2) is 30.6 Å². The lowest BCUT2D eigenvalue weighted by molar-refractivity contribution is 0.183. The number of hydrogen-bond acceptors (Lipinski definition) is 2. The van der Waals surface area contributed by atoms with Crippen LogP contribution < -0.4 is 5.32 Å². The second-order valence-electron chi connectivity index (χ2n) is 5.55. The highest BCUT2D eigenvalue weighted by molar-refractivity contribution is 5.48. The van der Waals surface area contributed by atoms with Crippen LogP contribution in [0.5, 0.6) is 0 Å². The van der Waals surface area contributed by atoms with Gasteiger partial charge in [0.25, 0.3) is 0 Å². The predicted molar refractivity (Wildman–Crippen MR) is 74.2 cm³/mol. The molecule has 1 aliphatic heterocycles. The Hall–Kier alpha value is -1.30. The van der Waals surface area contributed by atoms with Crippen LogP contribution in [-0.2, 0) is 0 Å². The minimum Gasteiger partial charge on any atom is -0.377 e. The molecule has 1 aliphatic rings. The van der Waals surface area contributed by atoms with Gasteiger partial charge in [-0.25, -0.2) is 17.6 Å². The minimum atomic E-state index is -1.38. The van der Waals surface area contributed by atoms with Crippen molar-refractivity contribution in [3.8, 4) is 0 Å². The van der Waals surface area contributed by atoms with Crippen LogP contribution in [0, 0.1) is 29.2 Å². The van der Waals surface area contributed by atoms with Crippen molar-refractivity contribution in [3.63, 3.8) is 0 Å². The molecule has 1 fully saturated rings. The van der Waals surface area contributed by atoms with E-state index in [1.807, 2.05) is 0 Å². The fourth-order valence-electron chi connectivity index (χ4n) is 2.81. The molecular weight excluding hydrogens is 284 g/mol. The zero-order valence-electron chi connectivity index (χ0n) is 12.2. The summed E-state index contributed by atoms with van der Waals surface area (Å²) < 4.78 is 53.6. The van der Waals surface area contributed by atoms with Crippen molar-refractivity contribution in [2.75, 3.05) is 25.0 Å². The first-order chi connectivity index (χ1) is 9.93. The third kappa shape index (κ3) is 3.48. The predicted octanol–water partition coefficient (Wildman–Crippen LogP) is 3.78. The topological polar surface area (TPSA) is 15.3 Å². The molecule has 1 N–H and O–H groups in total. The minimum absolute atomic E-state index is 0.220. The molecule has 1 unspecified atom stereocenters. The molecule has 1 saturated heterocycles. The number of piperidine rings is 1. The molecule has 0 spiro atoms. The molecule has 1 aromatic rings. The summed E-state index contributed by atoms with van der Waals surface area (Å²) in [5.41, 5.74) is -0.710. The summed E-state index contributed by atoms with van der Waals surface area (Å²) in [7, 11) is 0. The van der Waals surface area contributed by atoms with Gasteiger partial charge in [-0.05, 0) is 45.3 Å². The molecular formula is C15H20F4N2. The molecule has 6 heteroatoms. The maximum Gasteiger partial charge on any atom is 0.185 e. The second-order valence-corrected chi connectivity index (χ2v) is 5.55. The van der Waals surface area contributed by atoms with Gasteiger partial charge in [-0.1, -0.05) is 6.92 Å². The zero-order valence-corrected chi connectivity index (χ0v) is 12.2. The van der Waals surface area contributed by atoms with Gasteiger partial charge >= 0.3 is 0 Å². The Balaban J connectivity index is 2.08. The smallest absolute Gasteiger partial charge is 0.185 e. The number of benzene rings is 1. The fourth-order valence-corrected chi connectivity index (χ4v) is 2.81. The number of likely N-dealkylation sites (tertiary alicyclic amines) is 1. The molecule has 0 amide bonds. The van der Waals surface area contributed by atoms with Crippen LogP contribution in [0.4, 0.5) is 23.2 Å². The Morgan fingerprint density at radius 3 is 2.14 bits per heavy atom. The van der Waals surface area contributed by atoms with Crippen molar-refractivity contribution >= 4 is 5.69 Å². The molecule has 118 valence electrons. The molecule has 2 nitrogen and oxygen atoms in total. The lowest BCUT2D eigenvalue weighted by Crippen LogP contribution is -2.39. The van der Waals surface area contributed by atoms with Crippen molar-refractivity contribution in [1.29, 1.82) is 0 Å². The van der Waals surface area contributed by atoms with Gasteiger partial charge in [0, 0.05) is 12.1 Å². The second kappa shape index (κ2) is 6.64. The van der Waals surface area contributed by atoms with Crippen LogP contribution in [0.2, 0.25) is 0 Å². The van der Waals surface area contributed by atoms with Crippen LogP contribution >= 0.6 is 0 Å². The molecule has 1 heterocycles. The highest BCUT2D eigenvalue weighted by Gasteiger charge is 2.26. The molecule has 0 bridgehead atoms. The number of halogens is 4. The van der Waals surface area contributed by atoms with Crippen molar-refractivity contribution in [1.82, 2.24) is 4.90 Å². The third-order valence-electron chi connectivity index (χ3n) is 4.27. The van der Waals surface area contributed by atoms with E-state index >= 15 is 0 Å². The largest absolute Gasteiger partial charge is 0.377 e. The SMILES string of the molecule is CCN1CCC(C(C)Nc2c(F)c(F)cc(F)c2F)CC1. The summed E-state index contributed by atoms with van der Waals surface area (Å²) in [5.74, 6) is -5.29. The first-order valence-electron chi connectivity index (χ1n) is 7.25. The molecule has 0 aromatic heterocycles. The van der Waals surface area contributed by atoms with E-state index in [4.69, 9.17) is 0 Å². The molecule has 0 radical (unpaired) electrons. The van der Waals surface area contributed by atoms with Crippen molar-refractivity contribution < 1.29 is 17.6 Å². The van der Waals surface area contributed by atoms with E-state index < -0.39 is 29.0 Å². The average Bonchev–Trinajstić information content (AvgIpc) is 2.49. The van der Waals surface area contributed by atoms with E-state index in [9.17, 15) is 17.6 Å². The molecule has 1 atom stereocenters. The monoisotopic (exact) mass is 304 g/mol. The van der Waals surface area contributed by atoms with Gasteiger partial charge in [0.2, 0.25) is 0 Å². The van der Waals surface area contributed by atoms with Crippen molar-refractivity contribution in [2.24, 2.45) is 5.92 Å². The molecule has 1 aromatic carbocycles. The molecule has 2 rings (SSSR count). The number of nitrogens with one attached hydrogen (secondary N) is 1. The van der Waals surface area contributed by atoms with Crippen LogP contribution in [0.15, 0.2) is 6.07 Å². The summed E-state index contributed by atoms with van der Waals surface area (Å²) in [4.78, 5) is 2.30. The highest BCUT2D eigenvalue weighted by atomic mass is 19.2. The maximum atomic E-state index is 13.6. The summed E-state index contributed by atoms with van der Waals surface area (Å²) in [6.45, 7) is 6.70. The van der Waals surface area contributed by atoms with Gasteiger partial charge < -0.3 is 10.2 Å².